The van der Waals surface area contributed by atoms with Crippen molar-refractivity contribution in [1.29, 1.82) is 0 Å². The predicted molar refractivity (Wildman–Crippen MR) is 99.1 cm³/mol. The van der Waals surface area contributed by atoms with Crippen molar-refractivity contribution in [2.24, 2.45) is 10.7 Å². The molecule has 3 N–H and O–H groups in total. The van der Waals surface area contributed by atoms with Crippen LogP contribution in [0, 0.1) is 0 Å². The van der Waals surface area contributed by atoms with Crippen LogP contribution in [0.3, 0.4) is 0 Å². The summed E-state index contributed by atoms with van der Waals surface area (Å²) in [5.74, 6) is -1.48. The van der Waals surface area contributed by atoms with Crippen LogP contribution in [0.15, 0.2) is 52.7 Å². The van der Waals surface area contributed by atoms with Gasteiger partial charge in [0, 0.05) is 17.1 Å². The Hall–Kier alpha value is -2.14. The maximum absolute atomic E-state index is 14.7. The summed E-state index contributed by atoms with van der Waals surface area (Å²) in [6.45, 7) is 5.99. The van der Waals surface area contributed by atoms with Crippen LogP contribution in [0.2, 0.25) is 5.02 Å². The Labute approximate surface area is 151 Å². The van der Waals surface area contributed by atoms with Gasteiger partial charge in [0.25, 0.3) is 0 Å². The Morgan fingerprint density at radius 2 is 2.24 bits per heavy atom. The quantitative estimate of drug-likeness (QED) is 0.775. The topological polar surface area (TPSA) is 75.7 Å². The van der Waals surface area contributed by atoms with Gasteiger partial charge in [-0.1, -0.05) is 37.6 Å². The Bertz CT molecular complexity index is 758. The molecule has 0 heterocycles. The van der Waals surface area contributed by atoms with E-state index in [0.717, 1.165) is 18.4 Å². The summed E-state index contributed by atoms with van der Waals surface area (Å²) in [5.41, 5.74) is 6.67. The third-order valence-electron chi connectivity index (χ3n) is 4.28. The van der Waals surface area contributed by atoms with Crippen molar-refractivity contribution in [2.45, 2.75) is 44.7 Å². The highest BCUT2D eigenvalue weighted by Gasteiger charge is 2.44. The van der Waals surface area contributed by atoms with Crippen LogP contribution < -0.4 is 5.73 Å². The number of aliphatic imine (C=N–C) groups is 1. The monoisotopic (exact) mass is 364 g/mol. The molecule has 1 saturated carbocycles. The zero-order valence-corrected chi connectivity index (χ0v) is 14.9. The van der Waals surface area contributed by atoms with Crippen molar-refractivity contribution >= 4 is 29.0 Å². The van der Waals surface area contributed by atoms with Crippen LogP contribution in [0.1, 0.15) is 39.0 Å². The molecule has 1 fully saturated rings. The lowest BCUT2D eigenvalue weighted by Crippen LogP contribution is -2.40. The Morgan fingerprint density at radius 3 is 2.84 bits per heavy atom. The summed E-state index contributed by atoms with van der Waals surface area (Å²) in [4.78, 5) is 15.8. The first-order valence-electron chi connectivity index (χ1n) is 8.19. The average molecular weight is 365 g/mol. The van der Waals surface area contributed by atoms with Gasteiger partial charge in [0.15, 0.2) is 0 Å². The van der Waals surface area contributed by atoms with E-state index < -0.39 is 11.6 Å². The number of nitrogens with zero attached hydrogens (tertiary/aromatic N) is 1. The number of halogens is 2. The van der Waals surface area contributed by atoms with Crippen molar-refractivity contribution in [3.8, 4) is 0 Å². The molecule has 1 aliphatic rings. The third kappa shape index (κ3) is 4.48. The summed E-state index contributed by atoms with van der Waals surface area (Å²) >= 11 is 5.97. The van der Waals surface area contributed by atoms with E-state index in [1.807, 2.05) is 6.92 Å². The first-order chi connectivity index (χ1) is 11.8. The van der Waals surface area contributed by atoms with Gasteiger partial charge in [-0.25, -0.2) is 9.18 Å². The number of hydrogen-bond donors (Lipinski definition) is 2. The first kappa shape index (κ1) is 19.2. The molecule has 134 valence electrons. The van der Waals surface area contributed by atoms with Crippen LogP contribution in [-0.2, 0) is 4.79 Å². The molecule has 0 radical (unpaired) electrons. The van der Waals surface area contributed by atoms with Crippen LogP contribution in [-0.4, -0.2) is 22.5 Å². The molecule has 2 rings (SSSR count). The lowest BCUT2D eigenvalue weighted by molar-refractivity contribution is -0.151. The standard InChI is InChI=1S/C19H22ClFN2O2/c1-3-5-12(2)17(22)15-8-9-19(21,18(24)25)11-16(15)23-14-7-4-6-13(20)10-14/h4,6-7,10H,2-3,5,8-9,11,22H2,1H3,(H,24,25)/b17-15-,23-16?. The highest BCUT2D eigenvalue weighted by atomic mass is 35.5. The van der Waals surface area contributed by atoms with Gasteiger partial charge in [-0.3, -0.25) is 4.99 Å². The second kappa shape index (κ2) is 7.83. The van der Waals surface area contributed by atoms with Crippen LogP contribution in [0.5, 0.6) is 0 Å². The fraction of sp³-hybridized carbons (Fsp3) is 0.368. The lowest BCUT2D eigenvalue weighted by Gasteiger charge is -2.29. The molecule has 0 aromatic heterocycles. The van der Waals surface area contributed by atoms with Gasteiger partial charge in [-0.2, -0.15) is 0 Å². The molecule has 0 saturated heterocycles. The molecule has 1 aromatic carbocycles. The second-order valence-electron chi connectivity index (χ2n) is 6.23. The van der Waals surface area contributed by atoms with Gasteiger partial charge < -0.3 is 10.8 Å². The number of rotatable bonds is 5. The van der Waals surface area contributed by atoms with E-state index in [0.29, 0.717) is 27.7 Å². The number of carboxylic acids is 1. The predicted octanol–water partition coefficient (Wildman–Crippen LogP) is 4.96. The summed E-state index contributed by atoms with van der Waals surface area (Å²) in [6, 6.07) is 6.80. The number of hydrogen-bond acceptors (Lipinski definition) is 3. The average Bonchev–Trinajstić information content (AvgIpc) is 2.54. The van der Waals surface area contributed by atoms with E-state index in [9.17, 15) is 14.3 Å². The molecule has 1 aliphatic carbocycles. The molecule has 25 heavy (non-hydrogen) atoms. The minimum absolute atomic E-state index is 0.133. The molecule has 1 unspecified atom stereocenters. The van der Waals surface area contributed by atoms with Crippen molar-refractivity contribution < 1.29 is 14.3 Å². The minimum atomic E-state index is -2.34. The van der Waals surface area contributed by atoms with E-state index in [2.05, 4.69) is 11.6 Å². The summed E-state index contributed by atoms with van der Waals surface area (Å²) in [7, 11) is 0. The molecule has 0 aliphatic heterocycles. The summed E-state index contributed by atoms with van der Waals surface area (Å²) in [6.07, 6.45) is 1.35. The van der Waals surface area contributed by atoms with Gasteiger partial charge in [0.05, 0.1) is 11.4 Å². The van der Waals surface area contributed by atoms with Crippen molar-refractivity contribution in [2.75, 3.05) is 0 Å². The van der Waals surface area contributed by atoms with Gasteiger partial charge in [0.2, 0.25) is 5.67 Å². The molecule has 0 amide bonds. The van der Waals surface area contributed by atoms with Gasteiger partial charge in [-0.05, 0) is 48.6 Å². The maximum atomic E-state index is 14.7. The van der Waals surface area contributed by atoms with E-state index in [4.69, 9.17) is 17.3 Å². The molecule has 6 heteroatoms. The fourth-order valence-electron chi connectivity index (χ4n) is 2.86. The summed E-state index contributed by atoms with van der Waals surface area (Å²) in [5, 5.41) is 9.72. The molecule has 1 atom stereocenters. The second-order valence-corrected chi connectivity index (χ2v) is 6.67. The van der Waals surface area contributed by atoms with Crippen molar-refractivity contribution in [3.63, 3.8) is 0 Å². The van der Waals surface area contributed by atoms with E-state index >= 15 is 0 Å². The number of benzene rings is 1. The first-order valence-corrected chi connectivity index (χ1v) is 8.57. The number of aliphatic carboxylic acids is 1. The third-order valence-corrected chi connectivity index (χ3v) is 4.52. The fourth-order valence-corrected chi connectivity index (χ4v) is 3.04. The molecular formula is C19H22ClFN2O2. The number of allylic oxidation sites excluding steroid dienone is 2. The Kier molecular flexibility index (Phi) is 6.01. The highest BCUT2D eigenvalue weighted by molar-refractivity contribution is 6.30. The van der Waals surface area contributed by atoms with E-state index in [-0.39, 0.29) is 19.3 Å². The zero-order chi connectivity index (χ0) is 18.6. The van der Waals surface area contributed by atoms with Gasteiger partial charge in [0.1, 0.15) is 0 Å². The van der Waals surface area contributed by atoms with Gasteiger partial charge in [-0.15, -0.1) is 0 Å². The number of carbonyl (C=O) groups is 1. The number of nitrogens with two attached hydrogens (primary N) is 1. The molecular weight excluding hydrogens is 343 g/mol. The van der Waals surface area contributed by atoms with Crippen LogP contribution in [0.4, 0.5) is 10.1 Å². The van der Waals surface area contributed by atoms with E-state index in [1.54, 1.807) is 24.3 Å². The largest absolute Gasteiger partial charge is 0.479 e. The molecule has 1 aromatic rings. The zero-order valence-electron chi connectivity index (χ0n) is 14.2. The smallest absolute Gasteiger partial charge is 0.341 e. The molecule has 4 nitrogen and oxygen atoms in total. The minimum Gasteiger partial charge on any atom is -0.479 e. The number of carboxylic acid groups (broad SMARTS) is 1. The van der Waals surface area contributed by atoms with Crippen molar-refractivity contribution in [3.05, 3.63) is 52.7 Å². The Balaban J connectivity index is 2.50. The van der Waals surface area contributed by atoms with Crippen LogP contribution >= 0.6 is 11.6 Å². The maximum Gasteiger partial charge on any atom is 0.341 e. The molecule has 0 bridgehead atoms. The Morgan fingerprint density at radius 1 is 1.52 bits per heavy atom. The van der Waals surface area contributed by atoms with Gasteiger partial charge >= 0.3 is 5.97 Å². The highest BCUT2D eigenvalue weighted by Crippen LogP contribution is 2.37. The summed E-state index contributed by atoms with van der Waals surface area (Å²) < 4.78 is 14.7. The molecule has 0 spiro atoms. The van der Waals surface area contributed by atoms with Crippen LogP contribution in [0.25, 0.3) is 0 Å². The van der Waals surface area contributed by atoms with E-state index in [1.165, 1.54) is 0 Å². The normalized spacial score (nSPS) is 24.2. The number of alkyl halides is 1. The SMILES string of the molecule is C=C(CCC)/C(N)=C1\CCC(F)(C(=O)O)CC1=Nc1cccc(Cl)c1. The lowest BCUT2D eigenvalue weighted by atomic mass is 9.80. The van der Waals surface area contributed by atoms with Crippen molar-refractivity contribution in [1.82, 2.24) is 0 Å².